The highest BCUT2D eigenvalue weighted by molar-refractivity contribution is 6.29. The normalized spacial score (nSPS) is 19.9. The first-order valence-electron chi connectivity index (χ1n) is 5.72. The smallest absolute Gasteiger partial charge is 0.170 e. The zero-order valence-corrected chi connectivity index (χ0v) is 10.9. The summed E-state index contributed by atoms with van der Waals surface area (Å²) in [4.78, 5) is 17.1. The number of pyridine rings is 1. The van der Waals surface area contributed by atoms with Crippen molar-refractivity contribution < 1.29 is 14.3 Å². The Morgan fingerprint density at radius 2 is 2.50 bits per heavy atom. The minimum Gasteiger partial charge on any atom is -0.382 e. The quantitative estimate of drug-likeness (QED) is 0.611. The molecule has 1 fully saturated rings. The van der Waals surface area contributed by atoms with Gasteiger partial charge in [-0.3, -0.25) is 4.79 Å². The summed E-state index contributed by atoms with van der Waals surface area (Å²) in [5.74, 6) is 0. The molecule has 2 heterocycles. The number of halogens is 1. The average molecular weight is 271 g/mol. The average Bonchev–Trinajstić information content (AvgIpc) is 2.39. The minimum absolute atomic E-state index is 0.0129. The maximum atomic E-state index is 11.0. The predicted molar refractivity (Wildman–Crippen MR) is 68.5 cm³/mol. The van der Waals surface area contributed by atoms with Crippen molar-refractivity contribution in [1.29, 1.82) is 0 Å². The van der Waals surface area contributed by atoms with E-state index >= 15 is 0 Å². The molecule has 1 atom stereocenters. The van der Waals surface area contributed by atoms with Gasteiger partial charge >= 0.3 is 0 Å². The molecule has 98 valence electrons. The fourth-order valence-electron chi connectivity index (χ4n) is 2.02. The number of aromatic nitrogens is 1. The van der Waals surface area contributed by atoms with Crippen LogP contribution in [0, 0.1) is 0 Å². The molecule has 18 heavy (non-hydrogen) atoms. The van der Waals surface area contributed by atoms with Crippen LogP contribution >= 0.6 is 11.6 Å². The maximum absolute atomic E-state index is 11.0. The number of carbonyl (C=O) groups excluding carboxylic acids is 1. The Hall–Kier alpha value is -1.17. The molecule has 0 N–H and O–H groups in total. The molecule has 1 aromatic heterocycles. The highest BCUT2D eigenvalue weighted by atomic mass is 35.5. The molecule has 1 aliphatic rings. The number of hydrogen-bond donors (Lipinski definition) is 0. The molecule has 0 radical (unpaired) electrons. The minimum atomic E-state index is 0.0129. The van der Waals surface area contributed by atoms with Crippen molar-refractivity contribution in [3.63, 3.8) is 0 Å². The van der Waals surface area contributed by atoms with Crippen molar-refractivity contribution in [2.75, 3.05) is 38.3 Å². The summed E-state index contributed by atoms with van der Waals surface area (Å²) in [6, 6.07) is 3.50. The van der Waals surface area contributed by atoms with E-state index in [1.807, 2.05) is 6.07 Å². The van der Waals surface area contributed by atoms with Crippen LogP contribution in [0.2, 0.25) is 5.15 Å². The summed E-state index contributed by atoms with van der Waals surface area (Å²) >= 11 is 5.78. The summed E-state index contributed by atoms with van der Waals surface area (Å²) < 4.78 is 10.6. The van der Waals surface area contributed by atoms with E-state index in [2.05, 4.69) is 9.88 Å². The topological polar surface area (TPSA) is 51.7 Å². The first kappa shape index (κ1) is 13.3. The van der Waals surface area contributed by atoms with Crippen molar-refractivity contribution in [2.24, 2.45) is 0 Å². The lowest BCUT2D eigenvalue weighted by Crippen LogP contribution is -2.44. The van der Waals surface area contributed by atoms with Crippen molar-refractivity contribution >= 4 is 23.6 Å². The van der Waals surface area contributed by atoms with E-state index in [-0.39, 0.29) is 6.10 Å². The van der Waals surface area contributed by atoms with Crippen LogP contribution in [0.4, 0.5) is 5.69 Å². The first-order valence-corrected chi connectivity index (χ1v) is 6.09. The summed E-state index contributed by atoms with van der Waals surface area (Å²) in [5.41, 5.74) is 1.15. The van der Waals surface area contributed by atoms with Crippen LogP contribution in [0.15, 0.2) is 12.1 Å². The molecule has 1 unspecified atom stereocenters. The van der Waals surface area contributed by atoms with Crippen molar-refractivity contribution in [3.05, 3.63) is 23.0 Å². The third-order valence-corrected chi connectivity index (χ3v) is 3.02. The second-order valence-electron chi connectivity index (χ2n) is 4.05. The standard InChI is InChI=1S/C12H15ClN2O3/c1-17-8-9-6-15(4-5-18-9)11-2-3-12(13)14-10(11)7-16/h2-3,7,9H,4-6,8H2,1H3. The predicted octanol–water partition coefficient (Wildman–Crippen LogP) is 1.40. The van der Waals surface area contributed by atoms with Gasteiger partial charge in [-0.1, -0.05) is 11.6 Å². The van der Waals surface area contributed by atoms with Crippen LogP contribution in [0.25, 0.3) is 0 Å². The lowest BCUT2D eigenvalue weighted by Gasteiger charge is -2.34. The van der Waals surface area contributed by atoms with Gasteiger partial charge in [0, 0.05) is 20.2 Å². The molecule has 1 aromatic rings. The van der Waals surface area contributed by atoms with Gasteiger partial charge in [0.05, 0.1) is 25.0 Å². The largest absolute Gasteiger partial charge is 0.382 e. The van der Waals surface area contributed by atoms with Gasteiger partial charge in [-0.15, -0.1) is 0 Å². The first-order chi connectivity index (χ1) is 8.74. The third kappa shape index (κ3) is 2.98. The Bertz CT molecular complexity index is 426. The number of ether oxygens (including phenoxy) is 2. The Kier molecular flexibility index (Phi) is 4.52. The molecule has 0 spiro atoms. The van der Waals surface area contributed by atoms with Crippen LogP contribution in [0.1, 0.15) is 10.5 Å². The summed E-state index contributed by atoms with van der Waals surface area (Å²) in [7, 11) is 1.64. The molecule has 1 aliphatic heterocycles. The molecule has 0 aliphatic carbocycles. The molecule has 5 nitrogen and oxygen atoms in total. The van der Waals surface area contributed by atoms with Gasteiger partial charge < -0.3 is 14.4 Å². The zero-order chi connectivity index (χ0) is 13.0. The van der Waals surface area contributed by atoms with Crippen LogP contribution < -0.4 is 4.90 Å². The lowest BCUT2D eigenvalue weighted by atomic mass is 10.2. The molecular formula is C12H15ClN2O3. The van der Waals surface area contributed by atoms with Gasteiger partial charge in [0.1, 0.15) is 10.8 Å². The number of morpholine rings is 1. The van der Waals surface area contributed by atoms with E-state index in [4.69, 9.17) is 21.1 Å². The van der Waals surface area contributed by atoms with E-state index in [1.54, 1.807) is 13.2 Å². The van der Waals surface area contributed by atoms with Crippen LogP contribution in [-0.4, -0.2) is 50.8 Å². The van der Waals surface area contributed by atoms with E-state index in [9.17, 15) is 4.79 Å². The SMILES string of the molecule is COCC1CN(c2ccc(Cl)nc2C=O)CCO1. The van der Waals surface area contributed by atoms with E-state index in [0.29, 0.717) is 30.6 Å². The Labute approximate surface area is 111 Å². The molecule has 1 saturated heterocycles. The van der Waals surface area contributed by atoms with Gasteiger partial charge in [-0.05, 0) is 12.1 Å². The Morgan fingerprint density at radius 1 is 1.67 bits per heavy atom. The molecule has 0 aromatic carbocycles. The van der Waals surface area contributed by atoms with Crippen molar-refractivity contribution in [3.8, 4) is 0 Å². The molecule has 0 amide bonds. The molecular weight excluding hydrogens is 256 g/mol. The van der Waals surface area contributed by atoms with E-state index in [0.717, 1.165) is 18.5 Å². The molecule has 0 saturated carbocycles. The van der Waals surface area contributed by atoms with Gasteiger partial charge in [0.25, 0.3) is 0 Å². The maximum Gasteiger partial charge on any atom is 0.170 e. The highest BCUT2D eigenvalue weighted by Crippen LogP contribution is 2.22. The second kappa shape index (κ2) is 6.13. The third-order valence-electron chi connectivity index (χ3n) is 2.81. The molecule has 2 rings (SSSR count). The second-order valence-corrected chi connectivity index (χ2v) is 4.44. The van der Waals surface area contributed by atoms with Crippen LogP contribution in [0.5, 0.6) is 0 Å². The Morgan fingerprint density at radius 3 is 3.22 bits per heavy atom. The van der Waals surface area contributed by atoms with Crippen LogP contribution in [0.3, 0.4) is 0 Å². The zero-order valence-electron chi connectivity index (χ0n) is 10.1. The lowest BCUT2D eigenvalue weighted by molar-refractivity contribution is -0.0101. The van der Waals surface area contributed by atoms with Crippen molar-refractivity contribution in [2.45, 2.75) is 6.10 Å². The van der Waals surface area contributed by atoms with E-state index < -0.39 is 0 Å². The monoisotopic (exact) mass is 270 g/mol. The number of methoxy groups -OCH3 is 1. The van der Waals surface area contributed by atoms with E-state index in [1.165, 1.54) is 0 Å². The summed E-state index contributed by atoms with van der Waals surface area (Å²) in [6.45, 7) is 2.55. The van der Waals surface area contributed by atoms with Gasteiger partial charge in [0.15, 0.2) is 6.29 Å². The van der Waals surface area contributed by atoms with Crippen molar-refractivity contribution in [1.82, 2.24) is 4.98 Å². The number of carbonyl (C=O) groups is 1. The van der Waals surface area contributed by atoms with Gasteiger partial charge in [-0.2, -0.15) is 0 Å². The number of aldehydes is 1. The van der Waals surface area contributed by atoms with Gasteiger partial charge in [-0.25, -0.2) is 4.98 Å². The highest BCUT2D eigenvalue weighted by Gasteiger charge is 2.22. The summed E-state index contributed by atoms with van der Waals surface area (Å²) in [6.07, 6.45) is 0.737. The number of hydrogen-bond acceptors (Lipinski definition) is 5. The number of anilines is 1. The molecule has 0 bridgehead atoms. The summed E-state index contributed by atoms with van der Waals surface area (Å²) in [5, 5.41) is 0.322. The number of nitrogens with zero attached hydrogens (tertiary/aromatic N) is 2. The fourth-order valence-corrected chi connectivity index (χ4v) is 2.18. The van der Waals surface area contributed by atoms with Gasteiger partial charge in [0.2, 0.25) is 0 Å². The Balaban J connectivity index is 2.17. The molecule has 6 heteroatoms. The fraction of sp³-hybridized carbons (Fsp3) is 0.500. The number of rotatable bonds is 4. The van der Waals surface area contributed by atoms with Crippen LogP contribution in [-0.2, 0) is 9.47 Å².